The molecule has 1 fully saturated rings. The number of carbonyl (C=O) groups excluding carboxylic acids is 2. The summed E-state index contributed by atoms with van der Waals surface area (Å²) in [5, 5.41) is 0. The molecule has 0 aromatic heterocycles. The van der Waals surface area contributed by atoms with E-state index in [4.69, 9.17) is 4.74 Å². The summed E-state index contributed by atoms with van der Waals surface area (Å²) in [6.45, 7) is 1.43. The van der Waals surface area contributed by atoms with Gasteiger partial charge in [-0.2, -0.15) is 0 Å². The zero-order chi connectivity index (χ0) is 9.68. The van der Waals surface area contributed by atoms with Crippen molar-refractivity contribution in [2.45, 2.75) is 12.8 Å². The SMILES string of the molecule is COCC(=O)N1CCC[C@@H](C=O)C1. The van der Waals surface area contributed by atoms with E-state index in [-0.39, 0.29) is 18.4 Å². The Morgan fingerprint density at radius 3 is 3.08 bits per heavy atom. The number of piperidine rings is 1. The van der Waals surface area contributed by atoms with E-state index in [0.717, 1.165) is 25.7 Å². The molecule has 0 spiro atoms. The molecule has 0 aromatic carbocycles. The number of ether oxygens (including phenoxy) is 1. The minimum absolute atomic E-state index is 0.0194. The molecule has 1 amide bonds. The summed E-state index contributed by atoms with van der Waals surface area (Å²) in [5.74, 6) is 0.00334. The topological polar surface area (TPSA) is 46.6 Å². The summed E-state index contributed by atoms with van der Waals surface area (Å²) in [6, 6.07) is 0. The quantitative estimate of drug-likeness (QED) is 0.584. The van der Waals surface area contributed by atoms with Crippen LogP contribution in [0.25, 0.3) is 0 Å². The van der Waals surface area contributed by atoms with Gasteiger partial charge < -0.3 is 14.4 Å². The van der Waals surface area contributed by atoms with E-state index in [0.29, 0.717) is 6.54 Å². The molecule has 1 atom stereocenters. The minimum Gasteiger partial charge on any atom is -0.375 e. The summed E-state index contributed by atoms with van der Waals surface area (Å²) in [7, 11) is 1.50. The fourth-order valence-electron chi connectivity index (χ4n) is 1.56. The molecule has 1 saturated heterocycles. The van der Waals surface area contributed by atoms with Crippen molar-refractivity contribution in [3.05, 3.63) is 0 Å². The third kappa shape index (κ3) is 2.81. The number of aldehydes is 1. The van der Waals surface area contributed by atoms with Crippen LogP contribution in [0.2, 0.25) is 0 Å². The third-order valence-corrected chi connectivity index (χ3v) is 2.27. The molecule has 0 aliphatic carbocycles. The lowest BCUT2D eigenvalue weighted by Gasteiger charge is -2.29. The molecule has 0 bridgehead atoms. The Morgan fingerprint density at radius 2 is 2.46 bits per heavy atom. The molecule has 0 unspecified atom stereocenters. The van der Waals surface area contributed by atoms with Crippen LogP contribution < -0.4 is 0 Å². The third-order valence-electron chi connectivity index (χ3n) is 2.27. The minimum atomic E-state index is -0.0194. The van der Waals surface area contributed by atoms with Crippen molar-refractivity contribution < 1.29 is 14.3 Å². The van der Waals surface area contributed by atoms with Gasteiger partial charge in [-0.3, -0.25) is 4.79 Å². The highest BCUT2D eigenvalue weighted by Gasteiger charge is 2.22. The molecule has 1 aliphatic heterocycles. The average molecular weight is 185 g/mol. The predicted octanol–water partition coefficient (Wildman–Crippen LogP) is 0.0703. The lowest BCUT2D eigenvalue weighted by Crippen LogP contribution is -2.41. The molecule has 0 radical (unpaired) electrons. The predicted molar refractivity (Wildman–Crippen MR) is 47.2 cm³/mol. The second-order valence-electron chi connectivity index (χ2n) is 3.31. The van der Waals surface area contributed by atoms with Gasteiger partial charge in [-0.1, -0.05) is 0 Å². The lowest BCUT2D eigenvalue weighted by atomic mass is 10.00. The highest BCUT2D eigenvalue weighted by molar-refractivity contribution is 5.78. The van der Waals surface area contributed by atoms with Crippen LogP contribution in [0.5, 0.6) is 0 Å². The summed E-state index contributed by atoms with van der Waals surface area (Å²) in [6.07, 6.45) is 2.76. The van der Waals surface area contributed by atoms with Gasteiger partial charge in [-0.05, 0) is 12.8 Å². The van der Waals surface area contributed by atoms with Gasteiger partial charge in [0.1, 0.15) is 12.9 Å². The Labute approximate surface area is 77.8 Å². The number of nitrogens with zero attached hydrogens (tertiary/aromatic N) is 1. The van der Waals surface area contributed by atoms with Gasteiger partial charge in [0.25, 0.3) is 0 Å². The van der Waals surface area contributed by atoms with E-state index in [1.54, 1.807) is 4.90 Å². The largest absolute Gasteiger partial charge is 0.375 e. The number of hydrogen-bond acceptors (Lipinski definition) is 3. The first-order valence-electron chi connectivity index (χ1n) is 4.50. The monoisotopic (exact) mass is 185 g/mol. The van der Waals surface area contributed by atoms with Crippen molar-refractivity contribution in [1.29, 1.82) is 0 Å². The molecular formula is C9H15NO3. The number of rotatable bonds is 3. The van der Waals surface area contributed by atoms with Crippen LogP contribution in [-0.2, 0) is 14.3 Å². The second-order valence-corrected chi connectivity index (χ2v) is 3.31. The van der Waals surface area contributed by atoms with Crippen molar-refractivity contribution in [1.82, 2.24) is 4.90 Å². The number of methoxy groups -OCH3 is 1. The van der Waals surface area contributed by atoms with Gasteiger partial charge in [-0.25, -0.2) is 0 Å². The number of likely N-dealkylation sites (tertiary alicyclic amines) is 1. The first kappa shape index (κ1) is 10.2. The van der Waals surface area contributed by atoms with Crippen LogP contribution in [0.1, 0.15) is 12.8 Å². The van der Waals surface area contributed by atoms with E-state index < -0.39 is 0 Å². The summed E-state index contributed by atoms with van der Waals surface area (Å²) in [5.41, 5.74) is 0. The number of amides is 1. The van der Waals surface area contributed by atoms with Crippen LogP contribution in [-0.4, -0.2) is 43.9 Å². The Kier molecular flexibility index (Phi) is 3.89. The van der Waals surface area contributed by atoms with Gasteiger partial charge in [0.15, 0.2) is 0 Å². The van der Waals surface area contributed by atoms with E-state index in [1.165, 1.54) is 7.11 Å². The zero-order valence-electron chi connectivity index (χ0n) is 7.86. The van der Waals surface area contributed by atoms with Crippen molar-refractivity contribution in [2.24, 2.45) is 5.92 Å². The molecular weight excluding hydrogens is 170 g/mol. The number of carbonyl (C=O) groups is 2. The fraction of sp³-hybridized carbons (Fsp3) is 0.778. The van der Waals surface area contributed by atoms with Crippen LogP contribution in [0.4, 0.5) is 0 Å². The molecule has 74 valence electrons. The first-order chi connectivity index (χ1) is 6.27. The first-order valence-corrected chi connectivity index (χ1v) is 4.50. The molecule has 0 aromatic rings. The molecule has 0 saturated carbocycles. The fourth-order valence-corrected chi connectivity index (χ4v) is 1.56. The molecule has 0 N–H and O–H groups in total. The normalized spacial score (nSPS) is 22.8. The highest BCUT2D eigenvalue weighted by Crippen LogP contribution is 2.14. The maximum Gasteiger partial charge on any atom is 0.248 e. The molecule has 1 rings (SSSR count). The van der Waals surface area contributed by atoms with Crippen LogP contribution in [0.3, 0.4) is 0 Å². The summed E-state index contributed by atoms with van der Waals surface area (Å²) in [4.78, 5) is 23.6. The molecule has 1 aliphatic rings. The van der Waals surface area contributed by atoms with Gasteiger partial charge in [0.05, 0.1) is 0 Å². The van der Waals surface area contributed by atoms with E-state index >= 15 is 0 Å². The average Bonchev–Trinajstić information content (AvgIpc) is 2.18. The van der Waals surface area contributed by atoms with Crippen LogP contribution >= 0.6 is 0 Å². The van der Waals surface area contributed by atoms with Crippen molar-refractivity contribution in [3.8, 4) is 0 Å². The maximum absolute atomic E-state index is 11.3. The summed E-state index contributed by atoms with van der Waals surface area (Å²) >= 11 is 0. The van der Waals surface area contributed by atoms with Crippen LogP contribution in [0.15, 0.2) is 0 Å². The van der Waals surface area contributed by atoms with Gasteiger partial charge in [0, 0.05) is 26.1 Å². The molecule has 4 heteroatoms. The Morgan fingerprint density at radius 1 is 1.69 bits per heavy atom. The lowest BCUT2D eigenvalue weighted by molar-refractivity contribution is -0.137. The zero-order valence-corrected chi connectivity index (χ0v) is 7.86. The molecule has 13 heavy (non-hydrogen) atoms. The maximum atomic E-state index is 11.3. The van der Waals surface area contributed by atoms with Crippen molar-refractivity contribution in [3.63, 3.8) is 0 Å². The number of hydrogen-bond donors (Lipinski definition) is 0. The smallest absolute Gasteiger partial charge is 0.248 e. The van der Waals surface area contributed by atoms with Crippen molar-refractivity contribution >= 4 is 12.2 Å². The Hall–Kier alpha value is -0.900. The molecule has 1 heterocycles. The van der Waals surface area contributed by atoms with Gasteiger partial charge in [0.2, 0.25) is 5.91 Å². The highest BCUT2D eigenvalue weighted by atomic mass is 16.5. The van der Waals surface area contributed by atoms with E-state index in [9.17, 15) is 9.59 Å². The Bertz CT molecular complexity index is 193. The Balaban J connectivity index is 2.41. The van der Waals surface area contributed by atoms with E-state index in [1.807, 2.05) is 0 Å². The van der Waals surface area contributed by atoms with E-state index in [2.05, 4.69) is 0 Å². The summed E-state index contributed by atoms with van der Waals surface area (Å²) < 4.78 is 4.75. The van der Waals surface area contributed by atoms with Crippen molar-refractivity contribution in [2.75, 3.05) is 26.8 Å². The van der Waals surface area contributed by atoms with Crippen LogP contribution in [0, 0.1) is 5.92 Å². The van der Waals surface area contributed by atoms with Gasteiger partial charge in [-0.15, -0.1) is 0 Å². The standard InChI is InChI=1S/C9H15NO3/c1-13-7-9(12)10-4-2-3-8(5-10)6-11/h6,8H,2-5,7H2,1H3/t8-/m1/s1. The molecule has 4 nitrogen and oxygen atoms in total. The second kappa shape index (κ2) is 4.97. The van der Waals surface area contributed by atoms with Gasteiger partial charge >= 0.3 is 0 Å².